The second-order valence-corrected chi connectivity index (χ2v) is 23.1. The van der Waals surface area contributed by atoms with E-state index in [0.717, 1.165) is 103 Å². The van der Waals surface area contributed by atoms with Gasteiger partial charge in [0.15, 0.2) is 6.10 Å². The maximum Gasteiger partial charge on any atom is 0.306 e. The molecular formula is C73H130O6. The summed E-state index contributed by atoms with van der Waals surface area (Å²) in [5.74, 6) is -0.874. The van der Waals surface area contributed by atoms with E-state index in [1.807, 2.05) is 0 Å². The minimum absolute atomic E-state index is 0.0781. The molecule has 0 heterocycles. The van der Waals surface area contributed by atoms with E-state index in [4.69, 9.17) is 14.2 Å². The molecule has 0 N–H and O–H groups in total. The first-order valence-electron chi connectivity index (χ1n) is 34.4. The molecule has 1 unspecified atom stereocenters. The normalized spacial score (nSPS) is 12.5. The van der Waals surface area contributed by atoms with Gasteiger partial charge in [-0.3, -0.25) is 14.4 Å². The molecule has 0 spiro atoms. The molecule has 0 fully saturated rings. The number of carbonyl (C=O) groups is 3. The van der Waals surface area contributed by atoms with Crippen molar-refractivity contribution in [3.63, 3.8) is 0 Å². The smallest absolute Gasteiger partial charge is 0.306 e. The van der Waals surface area contributed by atoms with Crippen molar-refractivity contribution in [3.8, 4) is 0 Å². The van der Waals surface area contributed by atoms with Crippen LogP contribution < -0.4 is 0 Å². The predicted octanol–water partition coefficient (Wildman–Crippen LogP) is 23.7. The maximum atomic E-state index is 12.9. The van der Waals surface area contributed by atoms with Crippen LogP contribution in [0, 0.1) is 0 Å². The topological polar surface area (TPSA) is 78.9 Å². The lowest BCUT2D eigenvalue weighted by Crippen LogP contribution is -2.30. The lowest BCUT2D eigenvalue weighted by atomic mass is 10.0. The molecule has 0 amide bonds. The molecule has 0 aliphatic carbocycles. The highest BCUT2D eigenvalue weighted by atomic mass is 16.6. The van der Waals surface area contributed by atoms with E-state index in [0.29, 0.717) is 19.3 Å². The molecule has 6 heteroatoms. The van der Waals surface area contributed by atoms with Crippen molar-refractivity contribution in [2.45, 2.75) is 361 Å². The van der Waals surface area contributed by atoms with Crippen LogP contribution in [-0.4, -0.2) is 37.2 Å². The summed E-state index contributed by atoms with van der Waals surface area (Å²) in [7, 11) is 0. The zero-order valence-electron chi connectivity index (χ0n) is 52.6. The van der Waals surface area contributed by atoms with Gasteiger partial charge in [0.05, 0.1) is 0 Å². The van der Waals surface area contributed by atoms with Gasteiger partial charge in [0.2, 0.25) is 0 Å². The second kappa shape index (κ2) is 67.4. The minimum atomic E-state index is -0.780. The summed E-state index contributed by atoms with van der Waals surface area (Å²) in [6.07, 6.45) is 87.9. The first-order valence-corrected chi connectivity index (χ1v) is 34.4. The maximum absolute atomic E-state index is 12.9. The van der Waals surface area contributed by atoms with Gasteiger partial charge in [-0.05, 0) is 83.5 Å². The van der Waals surface area contributed by atoms with Crippen molar-refractivity contribution >= 4 is 17.9 Å². The lowest BCUT2D eigenvalue weighted by Gasteiger charge is -2.18. The van der Waals surface area contributed by atoms with E-state index in [-0.39, 0.29) is 31.1 Å². The van der Waals surface area contributed by atoms with Crippen molar-refractivity contribution in [2.75, 3.05) is 13.2 Å². The fraction of sp³-hybridized carbons (Fsp3) is 0.795. The van der Waals surface area contributed by atoms with Crippen LogP contribution in [-0.2, 0) is 28.6 Å². The molecule has 0 saturated carbocycles. The molecule has 1 atom stereocenters. The standard InChI is InChI=1S/C73H130O6/c1-4-7-10-13-16-19-22-24-26-28-30-32-34-36-38-40-42-44-46-48-51-54-57-60-63-66-72(75)78-69-70(68-77-71(74)65-62-59-56-53-50-21-18-15-12-9-6-3)79-73(76)67-64-61-58-55-52-49-47-45-43-41-39-37-35-33-31-29-27-25-23-20-17-14-11-8-5-2/h7,10,15-16,18-19,24,26,30,32,36,38,70H,4-6,8-9,11-14,17,20-23,25,27-29,31,33-35,37,39-69H2,1-3H3/b10-7-,18-15-,19-16-,26-24-,32-30-,38-36-. The zero-order chi connectivity index (χ0) is 57.1. The van der Waals surface area contributed by atoms with Crippen molar-refractivity contribution in [3.05, 3.63) is 72.9 Å². The van der Waals surface area contributed by atoms with Gasteiger partial charge in [0.1, 0.15) is 13.2 Å². The van der Waals surface area contributed by atoms with E-state index in [1.54, 1.807) is 0 Å². The van der Waals surface area contributed by atoms with Crippen molar-refractivity contribution in [2.24, 2.45) is 0 Å². The Morgan fingerprint density at radius 2 is 0.506 bits per heavy atom. The van der Waals surface area contributed by atoms with Gasteiger partial charge >= 0.3 is 17.9 Å². The Hall–Kier alpha value is -3.15. The molecule has 0 radical (unpaired) electrons. The molecular weight excluding hydrogens is 973 g/mol. The first-order chi connectivity index (χ1) is 39.0. The van der Waals surface area contributed by atoms with Crippen LogP contribution in [0.2, 0.25) is 0 Å². The number of esters is 3. The van der Waals surface area contributed by atoms with Gasteiger partial charge in [0, 0.05) is 19.3 Å². The van der Waals surface area contributed by atoms with E-state index in [2.05, 4.69) is 93.7 Å². The van der Waals surface area contributed by atoms with E-state index in [1.165, 1.54) is 212 Å². The SMILES string of the molecule is CC/C=C\C/C=C\C/C=C\C/C=C\C/C=C\CCCCCCCCCCCC(=O)OCC(COC(=O)CCCCCCC/C=C\CCCC)OC(=O)CCCCCCCCCCCCCCCCCCCCCCCCCCC. The van der Waals surface area contributed by atoms with Gasteiger partial charge in [-0.25, -0.2) is 0 Å². The number of carbonyl (C=O) groups excluding carboxylic acids is 3. The Morgan fingerprint density at radius 1 is 0.266 bits per heavy atom. The number of allylic oxidation sites excluding steroid dienone is 12. The van der Waals surface area contributed by atoms with Gasteiger partial charge in [-0.1, -0.05) is 325 Å². The van der Waals surface area contributed by atoms with Crippen LogP contribution in [0.25, 0.3) is 0 Å². The number of unbranched alkanes of at least 4 members (excludes halogenated alkanes) is 40. The van der Waals surface area contributed by atoms with Gasteiger partial charge in [0.25, 0.3) is 0 Å². The molecule has 0 aromatic rings. The largest absolute Gasteiger partial charge is 0.462 e. The second-order valence-electron chi connectivity index (χ2n) is 23.1. The number of hydrogen-bond acceptors (Lipinski definition) is 6. The number of rotatable bonds is 63. The third kappa shape index (κ3) is 65.5. The Morgan fingerprint density at radius 3 is 0.823 bits per heavy atom. The van der Waals surface area contributed by atoms with Crippen LogP contribution in [0.4, 0.5) is 0 Å². The number of hydrogen-bond donors (Lipinski definition) is 0. The minimum Gasteiger partial charge on any atom is -0.462 e. The first kappa shape index (κ1) is 75.8. The van der Waals surface area contributed by atoms with Gasteiger partial charge in [-0.15, -0.1) is 0 Å². The molecule has 0 bridgehead atoms. The highest BCUT2D eigenvalue weighted by Gasteiger charge is 2.19. The quantitative estimate of drug-likeness (QED) is 0.0261. The van der Waals surface area contributed by atoms with Crippen molar-refractivity contribution in [1.82, 2.24) is 0 Å². The molecule has 0 aromatic heterocycles. The molecule has 0 rings (SSSR count). The average molecular weight is 1100 g/mol. The summed E-state index contributed by atoms with van der Waals surface area (Å²) in [5.41, 5.74) is 0. The lowest BCUT2D eigenvalue weighted by molar-refractivity contribution is -0.167. The van der Waals surface area contributed by atoms with Crippen LogP contribution >= 0.6 is 0 Å². The third-order valence-electron chi connectivity index (χ3n) is 15.2. The van der Waals surface area contributed by atoms with Crippen LogP contribution in [0.3, 0.4) is 0 Å². The van der Waals surface area contributed by atoms with Crippen LogP contribution in [0.5, 0.6) is 0 Å². The summed E-state index contributed by atoms with van der Waals surface area (Å²) in [6.45, 7) is 6.53. The average Bonchev–Trinajstić information content (AvgIpc) is 3.45. The summed E-state index contributed by atoms with van der Waals surface area (Å²) in [5, 5.41) is 0. The van der Waals surface area contributed by atoms with Crippen molar-refractivity contribution in [1.29, 1.82) is 0 Å². The summed E-state index contributed by atoms with van der Waals surface area (Å²) in [6, 6.07) is 0. The monoisotopic (exact) mass is 1100 g/mol. The molecule has 0 aliphatic heterocycles. The highest BCUT2D eigenvalue weighted by molar-refractivity contribution is 5.71. The van der Waals surface area contributed by atoms with Crippen LogP contribution in [0.15, 0.2) is 72.9 Å². The van der Waals surface area contributed by atoms with Crippen LogP contribution in [0.1, 0.15) is 355 Å². The summed E-state index contributed by atoms with van der Waals surface area (Å²) in [4.78, 5) is 38.3. The zero-order valence-corrected chi connectivity index (χ0v) is 52.6. The fourth-order valence-electron chi connectivity index (χ4n) is 10.0. The van der Waals surface area contributed by atoms with E-state index < -0.39 is 6.10 Å². The molecule has 0 aromatic carbocycles. The summed E-state index contributed by atoms with van der Waals surface area (Å²) >= 11 is 0. The Kier molecular flexibility index (Phi) is 64.7. The Bertz CT molecular complexity index is 1450. The van der Waals surface area contributed by atoms with E-state index >= 15 is 0 Å². The Balaban J connectivity index is 4.23. The molecule has 6 nitrogen and oxygen atoms in total. The third-order valence-corrected chi connectivity index (χ3v) is 15.2. The van der Waals surface area contributed by atoms with Crippen molar-refractivity contribution < 1.29 is 28.6 Å². The van der Waals surface area contributed by atoms with Gasteiger partial charge in [-0.2, -0.15) is 0 Å². The van der Waals surface area contributed by atoms with Gasteiger partial charge < -0.3 is 14.2 Å². The molecule has 0 saturated heterocycles. The molecule has 458 valence electrons. The Labute approximate surface area is 491 Å². The summed E-state index contributed by atoms with van der Waals surface area (Å²) < 4.78 is 16.9. The highest BCUT2D eigenvalue weighted by Crippen LogP contribution is 2.18. The van der Waals surface area contributed by atoms with E-state index in [9.17, 15) is 14.4 Å². The predicted molar refractivity (Wildman–Crippen MR) is 344 cm³/mol. The molecule has 79 heavy (non-hydrogen) atoms. The molecule has 0 aliphatic rings. The fourth-order valence-corrected chi connectivity index (χ4v) is 10.0. The number of ether oxygens (including phenoxy) is 3.